The Hall–Kier alpha value is -2.20. The normalized spacial score (nSPS) is 10.6. The van der Waals surface area contributed by atoms with Gasteiger partial charge in [0.1, 0.15) is 9.88 Å². The predicted octanol–water partition coefficient (Wildman–Crippen LogP) is 3.71. The number of aromatic nitrogens is 2. The standard InChI is InChI=1S/C18H22BrN3O5S/c1-5-8-27-17(24)14-10(2)15(18(25)26-4)28-16(14)21-13(23)6-7-22-11(3)12(19)9-20-22/h9H,5-8H2,1-4H3,(H,21,23). The summed E-state index contributed by atoms with van der Waals surface area (Å²) in [6.45, 7) is 6.04. The van der Waals surface area contributed by atoms with E-state index >= 15 is 0 Å². The van der Waals surface area contributed by atoms with E-state index in [1.807, 2.05) is 13.8 Å². The first-order valence-electron chi connectivity index (χ1n) is 8.66. The Morgan fingerprint density at radius 2 is 2.00 bits per heavy atom. The van der Waals surface area contributed by atoms with Gasteiger partial charge in [-0.15, -0.1) is 11.3 Å². The van der Waals surface area contributed by atoms with Crippen LogP contribution in [0.1, 0.15) is 51.1 Å². The molecule has 2 aromatic heterocycles. The minimum absolute atomic E-state index is 0.156. The van der Waals surface area contributed by atoms with E-state index in [0.29, 0.717) is 18.5 Å². The molecule has 28 heavy (non-hydrogen) atoms. The third-order valence-corrected chi connectivity index (χ3v) is 5.97. The molecule has 1 N–H and O–H groups in total. The fourth-order valence-electron chi connectivity index (χ4n) is 2.45. The van der Waals surface area contributed by atoms with Gasteiger partial charge in [-0.25, -0.2) is 9.59 Å². The van der Waals surface area contributed by atoms with E-state index in [0.717, 1.165) is 21.5 Å². The summed E-state index contributed by atoms with van der Waals surface area (Å²) < 4.78 is 12.5. The van der Waals surface area contributed by atoms with Crippen molar-refractivity contribution < 1.29 is 23.9 Å². The molecule has 10 heteroatoms. The van der Waals surface area contributed by atoms with Gasteiger partial charge in [-0.1, -0.05) is 6.92 Å². The lowest BCUT2D eigenvalue weighted by Crippen LogP contribution is -2.17. The molecule has 0 fully saturated rings. The van der Waals surface area contributed by atoms with E-state index < -0.39 is 11.9 Å². The summed E-state index contributed by atoms with van der Waals surface area (Å²) in [4.78, 5) is 37.1. The second-order valence-corrected chi connectivity index (χ2v) is 7.86. The van der Waals surface area contributed by atoms with E-state index in [9.17, 15) is 14.4 Å². The van der Waals surface area contributed by atoms with Gasteiger partial charge in [-0.3, -0.25) is 9.48 Å². The van der Waals surface area contributed by atoms with Crippen LogP contribution in [-0.4, -0.2) is 41.3 Å². The third-order valence-electron chi connectivity index (χ3n) is 4.01. The molecule has 0 radical (unpaired) electrons. The lowest BCUT2D eigenvalue weighted by atomic mass is 10.1. The van der Waals surface area contributed by atoms with Crippen LogP contribution in [0.3, 0.4) is 0 Å². The largest absolute Gasteiger partial charge is 0.465 e. The number of hydrogen-bond donors (Lipinski definition) is 1. The molecule has 2 rings (SSSR count). The van der Waals surface area contributed by atoms with Crippen molar-refractivity contribution in [2.75, 3.05) is 19.0 Å². The van der Waals surface area contributed by atoms with Crippen LogP contribution >= 0.6 is 27.3 Å². The molecule has 0 atom stereocenters. The fourth-order valence-corrected chi connectivity index (χ4v) is 3.87. The Morgan fingerprint density at radius 1 is 1.29 bits per heavy atom. The number of nitrogens with one attached hydrogen (secondary N) is 1. The third kappa shape index (κ3) is 4.99. The zero-order chi connectivity index (χ0) is 20.8. The number of rotatable bonds is 8. The summed E-state index contributed by atoms with van der Waals surface area (Å²) >= 11 is 4.38. The molecule has 8 nitrogen and oxygen atoms in total. The van der Waals surface area contributed by atoms with Crippen LogP contribution in [0.4, 0.5) is 5.00 Å². The lowest BCUT2D eigenvalue weighted by molar-refractivity contribution is -0.116. The maximum atomic E-state index is 12.4. The molecule has 0 saturated heterocycles. The maximum Gasteiger partial charge on any atom is 0.348 e. The molecule has 2 heterocycles. The van der Waals surface area contributed by atoms with Crippen molar-refractivity contribution in [2.45, 2.75) is 40.2 Å². The Balaban J connectivity index is 2.19. The first kappa shape index (κ1) is 22.1. The number of thiophene rings is 1. The number of esters is 2. The molecular weight excluding hydrogens is 450 g/mol. The predicted molar refractivity (Wildman–Crippen MR) is 109 cm³/mol. The van der Waals surface area contributed by atoms with Crippen LogP contribution in [0.15, 0.2) is 10.7 Å². The SMILES string of the molecule is CCCOC(=O)c1c(NC(=O)CCn2ncc(Br)c2C)sc(C(=O)OC)c1C. The van der Waals surface area contributed by atoms with Gasteiger partial charge < -0.3 is 14.8 Å². The van der Waals surface area contributed by atoms with Crippen molar-refractivity contribution in [2.24, 2.45) is 0 Å². The minimum atomic E-state index is -0.576. The Bertz CT molecular complexity index is 890. The smallest absolute Gasteiger partial charge is 0.348 e. The summed E-state index contributed by atoms with van der Waals surface area (Å²) in [5, 5.41) is 7.19. The summed E-state index contributed by atoms with van der Waals surface area (Å²) in [5.74, 6) is -1.44. The Labute approximate surface area is 175 Å². The molecule has 0 aromatic carbocycles. The highest BCUT2D eigenvalue weighted by Crippen LogP contribution is 2.34. The van der Waals surface area contributed by atoms with Gasteiger partial charge in [0.25, 0.3) is 0 Å². The monoisotopic (exact) mass is 471 g/mol. The van der Waals surface area contributed by atoms with Crippen LogP contribution in [-0.2, 0) is 20.8 Å². The quantitative estimate of drug-likeness (QED) is 0.589. The Morgan fingerprint density at radius 3 is 2.57 bits per heavy atom. The van der Waals surface area contributed by atoms with Crippen LogP contribution < -0.4 is 5.32 Å². The van der Waals surface area contributed by atoms with Gasteiger partial charge in [-0.05, 0) is 41.8 Å². The van der Waals surface area contributed by atoms with Gasteiger partial charge in [0.05, 0.1) is 36.5 Å². The van der Waals surface area contributed by atoms with Crippen molar-refractivity contribution >= 4 is 50.1 Å². The fraction of sp³-hybridized carbons (Fsp3) is 0.444. The summed E-state index contributed by atoms with van der Waals surface area (Å²) in [6.07, 6.45) is 2.49. The van der Waals surface area contributed by atoms with Gasteiger partial charge in [0.2, 0.25) is 5.91 Å². The number of nitrogens with zero attached hydrogens (tertiary/aromatic N) is 2. The van der Waals surface area contributed by atoms with Crippen LogP contribution in [0.2, 0.25) is 0 Å². The second kappa shape index (κ2) is 9.83. The highest BCUT2D eigenvalue weighted by Gasteiger charge is 2.27. The average Bonchev–Trinajstić information content (AvgIpc) is 3.17. The summed E-state index contributed by atoms with van der Waals surface area (Å²) in [5.41, 5.74) is 1.53. The average molecular weight is 472 g/mol. The number of carbonyl (C=O) groups excluding carboxylic acids is 3. The van der Waals surface area contributed by atoms with Crippen molar-refractivity contribution in [1.82, 2.24) is 9.78 Å². The number of methoxy groups -OCH3 is 1. The van der Waals surface area contributed by atoms with Gasteiger partial charge in [0.15, 0.2) is 0 Å². The van der Waals surface area contributed by atoms with E-state index in [4.69, 9.17) is 9.47 Å². The second-order valence-electron chi connectivity index (χ2n) is 5.99. The summed E-state index contributed by atoms with van der Waals surface area (Å²) in [7, 11) is 1.26. The molecule has 0 saturated carbocycles. The van der Waals surface area contributed by atoms with Gasteiger partial charge in [0, 0.05) is 12.1 Å². The molecule has 1 amide bonds. The minimum Gasteiger partial charge on any atom is -0.465 e. The highest BCUT2D eigenvalue weighted by atomic mass is 79.9. The number of hydrogen-bond acceptors (Lipinski definition) is 7. The van der Waals surface area contributed by atoms with Gasteiger partial charge in [-0.2, -0.15) is 5.10 Å². The number of halogens is 1. The van der Waals surface area contributed by atoms with E-state index in [1.165, 1.54) is 7.11 Å². The molecule has 0 aliphatic rings. The van der Waals surface area contributed by atoms with Crippen LogP contribution in [0.25, 0.3) is 0 Å². The van der Waals surface area contributed by atoms with Crippen molar-refractivity contribution in [3.05, 3.63) is 32.4 Å². The lowest BCUT2D eigenvalue weighted by Gasteiger charge is -2.08. The number of aryl methyl sites for hydroxylation is 1. The highest BCUT2D eigenvalue weighted by molar-refractivity contribution is 9.10. The van der Waals surface area contributed by atoms with E-state index in [2.05, 4.69) is 26.3 Å². The molecule has 152 valence electrons. The molecule has 0 unspecified atom stereocenters. The number of amides is 1. The molecule has 0 spiro atoms. The van der Waals surface area contributed by atoms with Gasteiger partial charge >= 0.3 is 11.9 Å². The first-order valence-corrected chi connectivity index (χ1v) is 10.3. The first-order chi connectivity index (χ1) is 13.3. The van der Waals surface area contributed by atoms with E-state index in [1.54, 1.807) is 17.8 Å². The number of carbonyl (C=O) groups is 3. The number of anilines is 1. The number of ether oxygens (including phenoxy) is 2. The molecule has 2 aromatic rings. The zero-order valence-corrected chi connectivity index (χ0v) is 18.5. The summed E-state index contributed by atoms with van der Waals surface area (Å²) in [6, 6.07) is 0. The molecule has 0 bridgehead atoms. The van der Waals surface area contributed by atoms with Crippen LogP contribution in [0.5, 0.6) is 0 Å². The van der Waals surface area contributed by atoms with Crippen molar-refractivity contribution in [3.63, 3.8) is 0 Å². The molecule has 0 aliphatic heterocycles. The molecular formula is C18H22BrN3O5S. The van der Waals surface area contributed by atoms with Crippen molar-refractivity contribution in [3.8, 4) is 0 Å². The Kier molecular flexibility index (Phi) is 7.76. The zero-order valence-electron chi connectivity index (χ0n) is 16.1. The topological polar surface area (TPSA) is 99.5 Å². The maximum absolute atomic E-state index is 12.4. The van der Waals surface area contributed by atoms with Crippen LogP contribution in [0, 0.1) is 13.8 Å². The molecule has 0 aliphatic carbocycles. The van der Waals surface area contributed by atoms with E-state index in [-0.39, 0.29) is 34.4 Å². The van der Waals surface area contributed by atoms with Crippen molar-refractivity contribution in [1.29, 1.82) is 0 Å².